The van der Waals surface area contributed by atoms with E-state index in [-0.39, 0.29) is 35.7 Å². The molecular formula is C27H26ClN3O4. The maximum Gasteiger partial charge on any atom is 0.236 e. The van der Waals surface area contributed by atoms with E-state index < -0.39 is 5.41 Å². The van der Waals surface area contributed by atoms with Crippen molar-refractivity contribution in [3.63, 3.8) is 0 Å². The molecule has 7 nitrogen and oxygen atoms in total. The Hall–Kier alpha value is -3.19. The Kier molecular flexibility index (Phi) is 5.22. The van der Waals surface area contributed by atoms with Gasteiger partial charge in [-0.15, -0.1) is 0 Å². The van der Waals surface area contributed by atoms with Crippen molar-refractivity contribution in [3.05, 3.63) is 53.1 Å². The van der Waals surface area contributed by atoms with E-state index in [1.165, 1.54) is 0 Å². The molecule has 2 aliphatic carbocycles. The van der Waals surface area contributed by atoms with Crippen molar-refractivity contribution in [1.29, 1.82) is 0 Å². The fourth-order valence-corrected chi connectivity index (χ4v) is 6.28. The Morgan fingerprint density at radius 3 is 2.66 bits per heavy atom. The van der Waals surface area contributed by atoms with Crippen LogP contribution >= 0.6 is 11.6 Å². The van der Waals surface area contributed by atoms with Crippen molar-refractivity contribution in [2.45, 2.75) is 26.2 Å². The van der Waals surface area contributed by atoms with Crippen LogP contribution in [0.25, 0.3) is 0 Å². The van der Waals surface area contributed by atoms with Gasteiger partial charge in [0.1, 0.15) is 28.5 Å². The minimum absolute atomic E-state index is 0.00403. The summed E-state index contributed by atoms with van der Waals surface area (Å²) >= 11 is 6.33. The summed E-state index contributed by atoms with van der Waals surface area (Å²) in [7, 11) is 0. The first-order valence-electron chi connectivity index (χ1n) is 12.1. The fraction of sp³-hybridized carbons (Fsp3) is 0.407. The Labute approximate surface area is 208 Å². The van der Waals surface area contributed by atoms with Gasteiger partial charge in [0.15, 0.2) is 11.5 Å². The van der Waals surface area contributed by atoms with Crippen LogP contribution in [0.4, 0.5) is 5.69 Å². The first-order valence-corrected chi connectivity index (χ1v) is 12.5. The zero-order chi connectivity index (χ0) is 24.3. The molecule has 0 radical (unpaired) electrons. The molecule has 2 aliphatic heterocycles. The number of amides is 1. The first kappa shape index (κ1) is 22.3. The number of rotatable bonds is 1. The number of carbonyl (C=O) groups is 3. The third-order valence-electron chi connectivity index (χ3n) is 7.96. The number of hydrogen-bond acceptors (Lipinski definition) is 6. The summed E-state index contributed by atoms with van der Waals surface area (Å²) in [5.41, 5.74) is 0.367. The van der Waals surface area contributed by atoms with E-state index in [1.54, 1.807) is 11.0 Å². The quantitative estimate of drug-likeness (QED) is 0.557. The van der Waals surface area contributed by atoms with Crippen LogP contribution in [0.2, 0.25) is 5.02 Å². The van der Waals surface area contributed by atoms with Crippen LogP contribution < -0.4 is 4.74 Å². The molecule has 3 atom stereocenters. The number of Topliss-reactive ketones (excluding diaryl/α,β-unsaturated/α-hetero) is 2. The van der Waals surface area contributed by atoms with Crippen molar-refractivity contribution in [2.75, 3.05) is 26.2 Å². The van der Waals surface area contributed by atoms with Gasteiger partial charge in [0.05, 0.1) is 5.56 Å². The maximum absolute atomic E-state index is 13.6. The molecule has 8 heteroatoms. The minimum atomic E-state index is -1.16. The molecule has 2 heterocycles. The number of aliphatic imine (C=N–C) groups is 1. The monoisotopic (exact) mass is 491 g/mol. The van der Waals surface area contributed by atoms with Crippen molar-refractivity contribution in [2.24, 2.45) is 22.2 Å². The lowest BCUT2D eigenvalue weighted by molar-refractivity contribution is -0.153. The van der Waals surface area contributed by atoms with Gasteiger partial charge >= 0.3 is 0 Å². The molecule has 4 aliphatic rings. The number of amidine groups is 1. The highest BCUT2D eigenvalue weighted by atomic mass is 35.5. The number of hydrogen-bond donors (Lipinski definition) is 0. The van der Waals surface area contributed by atoms with Gasteiger partial charge in [-0.1, -0.05) is 30.7 Å². The second-order valence-electron chi connectivity index (χ2n) is 10.0. The second kappa shape index (κ2) is 8.19. The van der Waals surface area contributed by atoms with Crippen LogP contribution in [0.3, 0.4) is 0 Å². The van der Waals surface area contributed by atoms with Crippen LogP contribution in [0.5, 0.6) is 11.5 Å². The van der Waals surface area contributed by atoms with Crippen LogP contribution in [0.15, 0.2) is 47.5 Å². The van der Waals surface area contributed by atoms with Crippen molar-refractivity contribution < 1.29 is 19.1 Å². The van der Waals surface area contributed by atoms with E-state index in [0.717, 1.165) is 17.1 Å². The van der Waals surface area contributed by atoms with Crippen molar-refractivity contribution in [3.8, 4) is 11.5 Å². The van der Waals surface area contributed by atoms with E-state index in [0.29, 0.717) is 55.5 Å². The lowest BCUT2D eigenvalue weighted by Crippen LogP contribution is -2.56. The molecule has 1 saturated heterocycles. The number of benzene rings is 2. The summed E-state index contributed by atoms with van der Waals surface area (Å²) in [6, 6.07) is 13.1. The van der Waals surface area contributed by atoms with Gasteiger partial charge < -0.3 is 14.5 Å². The lowest BCUT2D eigenvalue weighted by atomic mass is 9.73. The van der Waals surface area contributed by atoms with Gasteiger partial charge in [-0.2, -0.15) is 0 Å². The Balaban J connectivity index is 1.27. The predicted molar refractivity (Wildman–Crippen MR) is 131 cm³/mol. The molecule has 35 heavy (non-hydrogen) atoms. The molecule has 3 unspecified atom stereocenters. The van der Waals surface area contributed by atoms with Gasteiger partial charge in [-0.25, -0.2) is 4.99 Å². The Morgan fingerprint density at radius 2 is 1.86 bits per heavy atom. The van der Waals surface area contributed by atoms with Gasteiger partial charge in [0.25, 0.3) is 0 Å². The molecular weight excluding hydrogens is 466 g/mol. The maximum atomic E-state index is 13.6. The smallest absolute Gasteiger partial charge is 0.236 e. The fourth-order valence-electron chi connectivity index (χ4n) is 6.11. The highest BCUT2D eigenvalue weighted by Crippen LogP contribution is 2.51. The third-order valence-corrected chi connectivity index (χ3v) is 8.20. The Bertz CT molecular complexity index is 1280. The van der Waals surface area contributed by atoms with Crippen LogP contribution in [0, 0.1) is 17.3 Å². The molecule has 3 fully saturated rings. The average molecular weight is 492 g/mol. The number of para-hydroxylation sites is 2. The summed E-state index contributed by atoms with van der Waals surface area (Å²) in [6.07, 6.45) is 0.976. The van der Waals surface area contributed by atoms with E-state index >= 15 is 0 Å². The zero-order valence-electron chi connectivity index (χ0n) is 19.5. The number of halogens is 1. The summed E-state index contributed by atoms with van der Waals surface area (Å²) in [4.78, 5) is 48.0. The van der Waals surface area contributed by atoms with Crippen molar-refractivity contribution in [1.82, 2.24) is 9.80 Å². The van der Waals surface area contributed by atoms with E-state index in [4.69, 9.17) is 21.3 Å². The largest absolute Gasteiger partial charge is 0.454 e. The molecule has 0 spiro atoms. The highest BCUT2D eigenvalue weighted by molar-refractivity contribution is 6.31. The zero-order valence-corrected chi connectivity index (χ0v) is 20.3. The molecule has 180 valence electrons. The average Bonchev–Trinajstić information content (AvgIpc) is 2.98. The van der Waals surface area contributed by atoms with Gasteiger partial charge in [-0.3, -0.25) is 14.4 Å². The summed E-state index contributed by atoms with van der Waals surface area (Å²) in [5.74, 6) is 1.67. The van der Waals surface area contributed by atoms with E-state index in [9.17, 15) is 14.4 Å². The minimum Gasteiger partial charge on any atom is -0.454 e. The normalized spacial score (nSPS) is 27.5. The molecule has 2 aromatic carbocycles. The Morgan fingerprint density at radius 1 is 1.09 bits per heavy atom. The molecule has 2 saturated carbocycles. The van der Waals surface area contributed by atoms with Gasteiger partial charge in [-0.05, 0) is 42.7 Å². The number of ether oxygens (including phenoxy) is 1. The van der Waals surface area contributed by atoms with Gasteiger partial charge in [0.2, 0.25) is 5.91 Å². The molecule has 0 aromatic heterocycles. The lowest BCUT2D eigenvalue weighted by Gasteiger charge is -2.40. The summed E-state index contributed by atoms with van der Waals surface area (Å²) in [5, 5.41) is 0.587. The number of piperazine rings is 1. The van der Waals surface area contributed by atoms with Crippen molar-refractivity contribution >= 4 is 40.6 Å². The molecule has 6 rings (SSSR count). The van der Waals surface area contributed by atoms with Crippen LogP contribution in [0.1, 0.15) is 31.7 Å². The number of nitrogens with zero attached hydrogens (tertiary/aromatic N) is 3. The number of carbonyl (C=O) groups excluding carboxylic acids is 3. The van der Waals surface area contributed by atoms with E-state index in [2.05, 4.69) is 4.90 Å². The predicted octanol–water partition coefficient (Wildman–Crippen LogP) is 4.24. The number of fused-ring (bicyclic) bond motifs is 4. The van der Waals surface area contributed by atoms with Gasteiger partial charge in [0, 0.05) is 50.0 Å². The van der Waals surface area contributed by atoms with Crippen LogP contribution in [-0.2, 0) is 14.4 Å². The summed E-state index contributed by atoms with van der Waals surface area (Å²) in [6.45, 7) is 3.88. The summed E-state index contributed by atoms with van der Waals surface area (Å²) < 4.78 is 6.15. The number of ketones is 2. The standard InChI is InChI=1S/C27H26ClN3O4/c1-16-17-12-19(32)15-27(14-17,24(16)33)26(34)31-10-8-30(9-11-31)25-20-13-18(28)6-7-22(20)35-23-5-3-2-4-21(23)29-25/h2-7,13,16-17H,8-12,14-15H2,1H3. The SMILES string of the molecule is CC1C(=O)C2(C(=O)N3CCN(C4=Nc5ccccc5Oc5ccc(Cl)cc54)CC3)CC(=O)CC1C2. The van der Waals surface area contributed by atoms with Crippen LogP contribution in [-0.4, -0.2) is 59.3 Å². The van der Waals surface area contributed by atoms with E-state index in [1.807, 2.05) is 43.3 Å². The molecule has 1 amide bonds. The molecule has 2 bridgehead atoms. The first-order chi connectivity index (χ1) is 16.9. The molecule has 0 N–H and O–H groups in total. The second-order valence-corrected chi connectivity index (χ2v) is 10.5. The third kappa shape index (κ3) is 3.56. The topological polar surface area (TPSA) is 79.3 Å². The highest BCUT2D eigenvalue weighted by Gasteiger charge is 2.60. The molecule has 2 aromatic rings.